The fourth-order valence-corrected chi connectivity index (χ4v) is 5.19. The van der Waals surface area contributed by atoms with Gasteiger partial charge in [0.2, 0.25) is 5.88 Å². The summed E-state index contributed by atoms with van der Waals surface area (Å²) in [5.41, 5.74) is 5.96. The van der Waals surface area contributed by atoms with Gasteiger partial charge >= 0.3 is 0 Å². The molecule has 148 valence electrons. The van der Waals surface area contributed by atoms with Crippen molar-refractivity contribution in [3.8, 4) is 17.0 Å². The molecular weight excluding hydrogens is 370 g/mol. The molecule has 0 radical (unpaired) electrons. The Bertz CT molecular complexity index is 1240. The van der Waals surface area contributed by atoms with Gasteiger partial charge in [0.25, 0.3) is 0 Å². The van der Waals surface area contributed by atoms with Crippen molar-refractivity contribution in [2.45, 2.75) is 24.8 Å². The van der Waals surface area contributed by atoms with E-state index in [1.54, 1.807) is 7.11 Å². The molecule has 0 N–H and O–H groups in total. The Morgan fingerprint density at radius 2 is 1.87 bits per heavy atom. The van der Waals surface area contributed by atoms with Crippen LogP contribution in [0.15, 0.2) is 79.0 Å². The molecule has 3 atom stereocenters. The highest BCUT2D eigenvalue weighted by atomic mass is 16.5. The number of imidazole rings is 1. The summed E-state index contributed by atoms with van der Waals surface area (Å²) in [7, 11) is 1.64. The van der Waals surface area contributed by atoms with Crippen LogP contribution in [0.25, 0.3) is 22.2 Å². The molecule has 0 saturated carbocycles. The van der Waals surface area contributed by atoms with E-state index in [-0.39, 0.29) is 0 Å². The van der Waals surface area contributed by atoms with Gasteiger partial charge in [-0.1, -0.05) is 48.6 Å². The van der Waals surface area contributed by atoms with Gasteiger partial charge in [0.15, 0.2) is 0 Å². The fraction of sp³-hybridized carbons (Fsp3) is 0.231. The Balaban J connectivity index is 1.39. The number of hydrogen-bond donors (Lipinski definition) is 0. The van der Waals surface area contributed by atoms with Crippen molar-refractivity contribution in [1.82, 2.24) is 14.5 Å². The van der Waals surface area contributed by atoms with E-state index in [0.717, 1.165) is 29.6 Å². The van der Waals surface area contributed by atoms with Crippen molar-refractivity contribution < 1.29 is 4.74 Å². The highest BCUT2D eigenvalue weighted by Crippen LogP contribution is 2.48. The molecule has 0 amide bonds. The monoisotopic (exact) mass is 393 g/mol. The highest BCUT2D eigenvalue weighted by molar-refractivity contribution is 5.83. The summed E-state index contributed by atoms with van der Waals surface area (Å²) in [5.74, 6) is 3.38. The minimum atomic E-state index is 0.454. The predicted octanol–water partition coefficient (Wildman–Crippen LogP) is 5.56. The van der Waals surface area contributed by atoms with Gasteiger partial charge in [-0.25, -0.2) is 9.97 Å². The number of allylic oxidation sites excluding steroid dienone is 2. The van der Waals surface area contributed by atoms with Gasteiger partial charge in [0.1, 0.15) is 5.82 Å². The number of aromatic nitrogens is 3. The molecule has 6 rings (SSSR count). The van der Waals surface area contributed by atoms with Gasteiger partial charge in [-0.05, 0) is 41.7 Å². The average molecular weight is 393 g/mol. The van der Waals surface area contributed by atoms with Crippen LogP contribution >= 0.6 is 0 Å². The van der Waals surface area contributed by atoms with E-state index in [1.165, 1.54) is 16.9 Å². The van der Waals surface area contributed by atoms with Crippen LogP contribution in [0.5, 0.6) is 5.88 Å². The first-order chi connectivity index (χ1) is 14.8. The predicted molar refractivity (Wildman–Crippen MR) is 119 cm³/mol. The van der Waals surface area contributed by atoms with Crippen molar-refractivity contribution in [3.05, 3.63) is 90.4 Å². The van der Waals surface area contributed by atoms with Crippen molar-refractivity contribution in [2.75, 3.05) is 7.11 Å². The molecule has 0 fully saturated rings. The smallest absolute Gasteiger partial charge is 0.212 e. The van der Waals surface area contributed by atoms with Crippen molar-refractivity contribution >= 4 is 11.0 Å². The highest BCUT2D eigenvalue weighted by Gasteiger charge is 2.40. The Morgan fingerprint density at radius 1 is 1.00 bits per heavy atom. The molecule has 1 unspecified atom stereocenters. The molecule has 3 heterocycles. The molecule has 1 aliphatic heterocycles. The zero-order valence-corrected chi connectivity index (χ0v) is 16.9. The Labute approximate surface area is 175 Å². The summed E-state index contributed by atoms with van der Waals surface area (Å²) in [6, 6.07) is 21.4. The average Bonchev–Trinajstić information content (AvgIpc) is 3.35. The Hall–Kier alpha value is -3.40. The third-order valence-electron chi connectivity index (χ3n) is 6.68. The largest absolute Gasteiger partial charge is 0.481 e. The number of nitrogens with zero attached hydrogens (tertiary/aromatic N) is 3. The zero-order valence-electron chi connectivity index (χ0n) is 16.9. The maximum absolute atomic E-state index is 5.19. The molecule has 30 heavy (non-hydrogen) atoms. The van der Waals surface area contributed by atoms with Gasteiger partial charge in [-0.2, -0.15) is 0 Å². The van der Waals surface area contributed by atoms with Crippen LogP contribution < -0.4 is 4.74 Å². The first-order valence-electron chi connectivity index (χ1n) is 10.5. The SMILES string of the molecule is COc1ccc(-c2ccc3nc4n(c3c2)C[C@H]2C(c3ccccc3)C=CC[C@@H]42)cn1. The number of ether oxygens (including phenoxy) is 1. The van der Waals surface area contributed by atoms with Crippen molar-refractivity contribution in [3.63, 3.8) is 0 Å². The molecule has 0 saturated heterocycles. The first kappa shape index (κ1) is 17.5. The van der Waals surface area contributed by atoms with Gasteiger partial charge in [-0.3, -0.25) is 0 Å². The lowest BCUT2D eigenvalue weighted by molar-refractivity contribution is 0.384. The standard InChI is InChI=1S/C26H23N3O/c1-30-25-13-11-19(15-27-25)18-10-12-23-24(14-18)29-16-22-20(17-6-3-2-4-7-17)8-5-9-21(22)26(29)28-23/h2-8,10-15,20-22H,9,16H2,1H3/t20?,21-,22+/m1/s1. The van der Waals surface area contributed by atoms with Crippen LogP contribution in [-0.4, -0.2) is 21.6 Å². The normalized spacial score (nSPS) is 22.1. The summed E-state index contributed by atoms with van der Waals surface area (Å²) >= 11 is 0. The lowest BCUT2D eigenvalue weighted by Gasteiger charge is -2.29. The quantitative estimate of drug-likeness (QED) is 0.428. The van der Waals surface area contributed by atoms with Crippen molar-refractivity contribution in [1.29, 1.82) is 0 Å². The number of pyridine rings is 1. The van der Waals surface area contributed by atoms with Crippen LogP contribution in [0.3, 0.4) is 0 Å². The van der Waals surface area contributed by atoms with Gasteiger partial charge in [0.05, 0.1) is 18.1 Å². The number of hydrogen-bond acceptors (Lipinski definition) is 3. The van der Waals surface area contributed by atoms with Crippen molar-refractivity contribution in [2.24, 2.45) is 5.92 Å². The van der Waals surface area contributed by atoms with Crippen LogP contribution in [0.1, 0.15) is 29.6 Å². The topological polar surface area (TPSA) is 39.9 Å². The summed E-state index contributed by atoms with van der Waals surface area (Å²) < 4.78 is 7.65. The summed E-state index contributed by atoms with van der Waals surface area (Å²) in [6.07, 6.45) is 7.70. The minimum absolute atomic E-state index is 0.454. The second-order valence-corrected chi connectivity index (χ2v) is 8.24. The number of methoxy groups -OCH3 is 1. The van der Waals surface area contributed by atoms with E-state index in [0.29, 0.717) is 23.6 Å². The molecule has 4 aromatic rings. The third-order valence-corrected chi connectivity index (χ3v) is 6.68. The first-order valence-corrected chi connectivity index (χ1v) is 10.5. The second-order valence-electron chi connectivity index (χ2n) is 8.24. The summed E-state index contributed by atoms with van der Waals surface area (Å²) in [5, 5.41) is 0. The van der Waals surface area contributed by atoms with Crippen LogP contribution in [0.4, 0.5) is 0 Å². The minimum Gasteiger partial charge on any atom is -0.481 e. The van der Waals surface area contributed by atoms with Gasteiger partial charge in [-0.15, -0.1) is 0 Å². The number of rotatable bonds is 3. The lowest BCUT2D eigenvalue weighted by Crippen LogP contribution is -2.20. The molecule has 2 aliphatic rings. The van der Waals surface area contributed by atoms with E-state index in [9.17, 15) is 0 Å². The van der Waals surface area contributed by atoms with Gasteiger partial charge < -0.3 is 9.30 Å². The van der Waals surface area contributed by atoms with E-state index >= 15 is 0 Å². The summed E-state index contributed by atoms with van der Waals surface area (Å²) in [4.78, 5) is 9.42. The fourth-order valence-electron chi connectivity index (χ4n) is 5.19. The number of fused-ring (bicyclic) bond motifs is 5. The molecular formula is C26H23N3O. The Kier molecular flexibility index (Phi) is 3.98. The molecule has 0 spiro atoms. The molecule has 2 aromatic carbocycles. The van der Waals surface area contributed by atoms with E-state index in [4.69, 9.17) is 9.72 Å². The van der Waals surface area contributed by atoms with Crippen LogP contribution in [0, 0.1) is 5.92 Å². The maximum Gasteiger partial charge on any atom is 0.212 e. The lowest BCUT2D eigenvalue weighted by atomic mass is 9.74. The van der Waals surface area contributed by atoms with Crippen LogP contribution in [-0.2, 0) is 6.54 Å². The number of benzene rings is 2. The Morgan fingerprint density at radius 3 is 2.67 bits per heavy atom. The van der Waals surface area contributed by atoms with Crippen LogP contribution in [0.2, 0.25) is 0 Å². The second kappa shape index (κ2) is 6.84. The molecule has 4 nitrogen and oxygen atoms in total. The molecule has 2 aromatic heterocycles. The molecule has 1 aliphatic carbocycles. The summed E-state index contributed by atoms with van der Waals surface area (Å²) in [6.45, 7) is 1.02. The molecule has 0 bridgehead atoms. The third kappa shape index (κ3) is 2.67. The van der Waals surface area contributed by atoms with E-state index < -0.39 is 0 Å². The van der Waals surface area contributed by atoms with E-state index in [1.807, 2.05) is 12.3 Å². The maximum atomic E-state index is 5.19. The molecule has 4 heteroatoms. The zero-order chi connectivity index (χ0) is 20.1. The van der Waals surface area contributed by atoms with Gasteiger partial charge in [0, 0.05) is 36.2 Å². The van der Waals surface area contributed by atoms with E-state index in [2.05, 4.69) is 76.3 Å².